The Morgan fingerprint density at radius 2 is 1.62 bits per heavy atom. The quantitative estimate of drug-likeness (QED) is 0.752. The third-order valence-electron chi connectivity index (χ3n) is 2.23. The Labute approximate surface area is 103 Å². The number of halogens is 3. The summed E-state index contributed by atoms with van der Waals surface area (Å²) in [5.74, 6) is -0.369. The van der Waals surface area contributed by atoms with Crippen LogP contribution in [0.5, 0.6) is 0 Å². The van der Waals surface area contributed by atoms with Gasteiger partial charge < -0.3 is 5.73 Å². The average molecular weight is 256 g/mol. The molecule has 2 rings (SSSR count). The highest BCUT2D eigenvalue weighted by molar-refractivity contribution is 6.36. The SMILES string of the molecule is Nc1cc(F)ccc1-c1ccc(Cl)cc1Cl. The van der Waals surface area contributed by atoms with Gasteiger partial charge in [0, 0.05) is 26.9 Å². The normalized spacial score (nSPS) is 10.4. The number of anilines is 1. The Kier molecular flexibility index (Phi) is 3.03. The second kappa shape index (κ2) is 4.32. The van der Waals surface area contributed by atoms with Gasteiger partial charge >= 0.3 is 0 Å². The highest BCUT2D eigenvalue weighted by Crippen LogP contribution is 2.33. The summed E-state index contributed by atoms with van der Waals surface area (Å²) in [7, 11) is 0. The number of nitrogens with two attached hydrogens (primary N) is 1. The molecule has 0 bridgehead atoms. The molecular formula is C12H8Cl2FN. The van der Waals surface area contributed by atoms with Gasteiger partial charge in [-0.25, -0.2) is 4.39 Å². The molecule has 0 aromatic heterocycles. The van der Waals surface area contributed by atoms with Crippen LogP contribution in [0.1, 0.15) is 0 Å². The molecule has 0 aliphatic rings. The fraction of sp³-hybridized carbons (Fsp3) is 0. The van der Waals surface area contributed by atoms with E-state index >= 15 is 0 Å². The van der Waals surface area contributed by atoms with Crippen LogP contribution in [-0.2, 0) is 0 Å². The van der Waals surface area contributed by atoms with E-state index < -0.39 is 0 Å². The van der Waals surface area contributed by atoms with Gasteiger partial charge in [-0.1, -0.05) is 29.3 Å². The summed E-state index contributed by atoms with van der Waals surface area (Å²) >= 11 is 11.8. The van der Waals surface area contributed by atoms with Crippen LogP contribution in [0.2, 0.25) is 10.0 Å². The lowest BCUT2D eigenvalue weighted by atomic mass is 10.0. The van der Waals surface area contributed by atoms with Crippen molar-refractivity contribution in [1.29, 1.82) is 0 Å². The molecule has 0 atom stereocenters. The van der Waals surface area contributed by atoms with Crippen LogP contribution in [0.25, 0.3) is 11.1 Å². The third-order valence-corrected chi connectivity index (χ3v) is 2.78. The summed E-state index contributed by atoms with van der Waals surface area (Å²) in [6, 6.07) is 9.30. The monoisotopic (exact) mass is 255 g/mol. The fourth-order valence-corrected chi connectivity index (χ4v) is 2.00. The molecule has 0 heterocycles. The van der Waals surface area contributed by atoms with E-state index in [2.05, 4.69) is 0 Å². The van der Waals surface area contributed by atoms with E-state index in [4.69, 9.17) is 28.9 Å². The molecule has 82 valence electrons. The van der Waals surface area contributed by atoms with Gasteiger partial charge in [0.05, 0.1) is 0 Å². The van der Waals surface area contributed by atoms with Crippen molar-refractivity contribution in [3.8, 4) is 11.1 Å². The molecule has 2 aromatic carbocycles. The zero-order valence-corrected chi connectivity index (χ0v) is 9.69. The molecule has 4 heteroatoms. The van der Waals surface area contributed by atoms with Crippen molar-refractivity contribution in [1.82, 2.24) is 0 Å². The van der Waals surface area contributed by atoms with Crippen molar-refractivity contribution in [2.75, 3.05) is 5.73 Å². The molecule has 2 N–H and O–H groups in total. The first kappa shape index (κ1) is 11.2. The van der Waals surface area contributed by atoms with Crippen LogP contribution in [0.4, 0.5) is 10.1 Å². The first-order valence-electron chi connectivity index (χ1n) is 4.58. The van der Waals surface area contributed by atoms with Gasteiger partial charge in [-0.15, -0.1) is 0 Å². The molecule has 16 heavy (non-hydrogen) atoms. The lowest BCUT2D eigenvalue weighted by Crippen LogP contribution is -1.91. The summed E-state index contributed by atoms with van der Waals surface area (Å²) in [4.78, 5) is 0. The highest BCUT2D eigenvalue weighted by atomic mass is 35.5. The van der Waals surface area contributed by atoms with Crippen LogP contribution in [0, 0.1) is 5.82 Å². The van der Waals surface area contributed by atoms with Crippen LogP contribution in [0.15, 0.2) is 36.4 Å². The zero-order chi connectivity index (χ0) is 11.7. The van der Waals surface area contributed by atoms with Gasteiger partial charge in [0.15, 0.2) is 0 Å². The lowest BCUT2D eigenvalue weighted by Gasteiger charge is -2.08. The molecule has 0 spiro atoms. The van der Waals surface area contributed by atoms with Gasteiger partial charge in [-0.3, -0.25) is 0 Å². The lowest BCUT2D eigenvalue weighted by molar-refractivity contribution is 0.628. The third kappa shape index (κ3) is 2.13. The summed E-state index contributed by atoms with van der Waals surface area (Å²) in [6.07, 6.45) is 0. The van der Waals surface area contributed by atoms with E-state index in [0.29, 0.717) is 21.3 Å². The summed E-state index contributed by atoms with van der Waals surface area (Å²) in [5, 5.41) is 1.04. The van der Waals surface area contributed by atoms with Gasteiger partial charge in [0.25, 0.3) is 0 Å². The van der Waals surface area contributed by atoms with E-state index in [0.717, 1.165) is 5.56 Å². The topological polar surface area (TPSA) is 26.0 Å². The predicted molar refractivity (Wildman–Crippen MR) is 66.3 cm³/mol. The van der Waals surface area contributed by atoms with Crippen LogP contribution in [-0.4, -0.2) is 0 Å². The minimum atomic E-state index is -0.369. The van der Waals surface area contributed by atoms with Crippen LogP contribution < -0.4 is 5.73 Å². The maximum atomic E-state index is 12.9. The minimum Gasteiger partial charge on any atom is -0.398 e. The highest BCUT2D eigenvalue weighted by Gasteiger charge is 2.08. The molecule has 1 nitrogen and oxygen atoms in total. The number of hydrogen-bond donors (Lipinski definition) is 1. The Bertz CT molecular complexity index is 491. The van der Waals surface area contributed by atoms with Gasteiger partial charge in [0.2, 0.25) is 0 Å². The Balaban J connectivity index is 2.59. The molecular weight excluding hydrogens is 248 g/mol. The standard InChI is InChI=1S/C12H8Cl2FN/c13-7-1-3-9(11(14)5-7)10-4-2-8(15)6-12(10)16/h1-6H,16H2. The minimum absolute atomic E-state index is 0.351. The molecule has 0 unspecified atom stereocenters. The maximum absolute atomic E-state index is 12.9. The Morgan fingerprint density at radius 3 is 2.25 bits per heavy atom. The Hall–Kier alpha value is -1.25. The van der Waals surface area contributed by atoms with E-state index in [9.17, 15) is 4.39 Å². The Morgan fingerprint density at radius 1 is 0.938 bits per heavy atom. The zero-order valence-electron chi connectivity index (χ0n) is 8.18. The van der Waals surface area contributed by atoms with Crippen molar-refractivity contribution in [3.63, 3.8) is 0 Å². The summed E-state index contributed by atoms with van der Waals surface area (Å²) in [5.41, 5.74) is 7.52. The van der Waals surface area contributed by atoms with Gasteiger partial charge in [-0.2, -0.15) is 0 Å². The van der Waals surface area contributed by atoms with Crippen molar-refractivity contribution < 1.29 is 4.39 Å². The molecule has 0 saturated carbocycles. The molecule has 0 saturated heterocycles. The van der Waals surface area contributed by atoms with E-state index in [1.165, 1.54) is 12.1 Å². The second-order valence-corrected chi connectivity index (χ2v) is 4.20. The predicted octanol–water partition coefficient (Wildman–Crippen LogP) is 4.38. The van der Waals surface area contributed by atoms with Crippen molar-refractivity contribution in [2.24, 2.45) is 0 Å². The summed E-state index contributed by atoms with van der Waals surface area (Å²) in [6.45, 7) is 0. The molecule has 2 aromatic rings. The molecule has 0 amide bonds. The number of benzene rings is 2. The van der Waals surface area contributed by atoms with Gasteiger partial charge in [-0.05, 0) is 30.3 Å². The number of rotatable bonds is 1. The first-order chi connectivity index (χ1) is 7.58. The summed E-state index contributed by atoms with van der Waals surface area (Å²) < 4.78 is 12.9. The molecule has 0 aliphatic carbocycles. The first-order valence-corrected chi connectivity index (χ1v) is 5.34. The van der Waals surface area contributed by atoms with E-state index in [1.807, 2.05) is 0 Å². The second-order valence-electron chi connectivity index (χ2n) is 3.36. The van der Waals surface area contributed by atoms with Crippen LogP contribution in [0.3, 0.4) is 0 Å². The fourth-order valence-electron chi connectivity index (χ4n) is 1.49. The van der Waals surface area contributed by atoms with Crippen molar-refractivity contribution >= 4 is 28.9 Å². The van der Waals surface area contributed by atoms with Crippen molar-refractivity contribution in [3.05, 3.63) is 52.3 Å². The van der Waals surface area contributed by atoms with Gasteiger partial charge in [0.1, 0.15) is 5.82 Å². The average Bonchev–Trinajstić information content (AvgIpc) is 2.19. The number of hydrogen-bond acceptors (Lipinski definition) is 1. The smallest absolute Gasteiger partial charge is 0.125 e. The molecule has 0 aliphatic heterocycles. The maximum Gasteiger partial charge on any atom is 0.125 e. The molecule has 0 fully saturated rings. The molecule has 0 radical (unpaired) electrons. The largest absolute Gasteiger partial charge is 0.398 e. The van der Waals surface area contributed by atoms with E-state index in [-0.39, 0.29) is 5.82 Å². The van der Waals surface area contributed by atoms with Crippen molar-refractivity contribution in [2.45, 2.75) is 0 Å². The number of nitrogen functional groups attached to an aromatic ring is 1. The van der Waals surface area contributed by atoms with E-state index in [1.54, 1.807) is 24.3 Å². The van der Waals surface area contributed by atoms with Crippen LogP contribution >= 0.6 is 23.2 Å².